The molecule has 0 aromatic heterocycles. The molecule has 2 aromatic rings. The molecule has 158 valence electrons. The Morgan fingerprint density at radius 1 is 1.00 bits per heavy atom. The fourth-order valence-electron chi connectivity index (χ4n) is 3.56. The van der Waals surface area contributed by atoms with E-state index in [1.807, 2.05) is 29.2 Å². The quantitative estimate of drug-likeness (QED) is 0.658. The van der Waals surface area contributed by atoms with Crippen LogP contribution in [0.25, 0.3) is 11.1 Å². The summed E-state index contributed by atoms with van der Waals surface area (Å²) in [6.45, 7) is 2.73. The van der Waals surface area contributed by atoms with Gasteiger partial charge in [-0.05, 0) is 67.2 Å². The first kappa shape index (κ1) is 21.7. The summed E-state index contributed by atoms with van der Waals surface area (Å²) < 4.78 is 55.2. The molecule has 7 heteroatoms. The van der Waals surface area contributed by atoms with Crippen molar-refractivity contribution >= 4 is 9.84 Å². The predicted octanol–water partition coefficient (Wildman–Crippen LogP) is 4.50. The average molecular weight is 424 g/mol. The third-order valence-corrected chi connectivity index (χ3v) is 6.29. The molecule has 0 bridgehead atoms. The molecular weight excluding hydrogens is 396 g/mol. The lowest BCUT2D eigenvalue weighted by molar-refractivity contribution is -0.0238. The van der Waals surface area contributed by atoms with Crippen molar-refractivity contribution in [2.75, 3.05) is 32.5 Å². The van der Waals surface area contributed by atoms with Crippen LogP contribution in [0.5, 0.6) is 5.75 Å². The molecule has 0 unspecified atom stereocenters. The number of benzene rings is 2. The number of rotatable bonds is 7. The molecule has 1 aliphatic rings. The topological polar surface area (TPSA) is 46.6 Å². The van der Waals surface area contributed by atoms with Gasteiger partial charge in [0.15, 0.2) is 9.84 Å². The van der Waals surface area contributed by atoms with Gasteiger partial charge >= 0.3 is 0 Å². The monoisotopic (exact) mass is 423 g/mol. The number of halogens is 2. The number of hydrogen-bond donors (Lipinski definition) is 0. The standard InChI is InChI=1S/C22H27F2NO3S/c1-22(23,24)16-25-13-11-17(12-14-25)15-28-20-7-3-18(4-8-20)19-5-9-21(10-6-19)29(2,26)27/h3-10,17H,11-16H2,1-2H3. The van der Waals surface area contributed by atoms with Gasteiger partial charge in [0.1, 0.15) is 5.75 Å². The van der Waals surface area contributed by atoms with E-state index >= 15 is 0 Å². The Bertz CT molecular complexity index is 899. The zero-order valence-electron chi connectivity index (χ0n) is 16.8. The van der Waals surface area contributed by atoms with Crippen LogP contribution in [0, 0.1) is 5.92 Å². The summed E-state index contributed by atoms with van der Waals surface area (Å²) in [5.74, 6) is -1.50. The van der Waals surface area contributed by atoms with E-state index in [2.05, 4.69) is 0 Å². The number of piperidine rings is 1. The Morgan fingerprint density at radius 3 is 2.00 bits per heavy atom. The van der Waals surface area contributed by atoms with Crippen LogP contribution < -0.4 is 4.74 Å². The third kappa shape index (κ3) is 6.51. The maximum absolute atomic E-state index is 13.1. The van der Waals surface area contributed by atoms with E-state index in [1.54, 1.807) is 24.3 Å². The van der Waals surface area contributed by atoms with E-state index in [9.17, 15) is 17.2 Å². The summed E-state index contributed by atoms with van der Waals surface area (Å²) in [6.07, 6.45) is 2.92. The molecule has 0 radical (unpaired) electrons. The lowest BCUT2D eigenvalue weighted by atomic mass is 9.97. The first-order valence-electron chi connectivity index (χ1n) is 9.74. The van der Waals surface area contributed by atoms with Gasteiger partial charge in [0.05, 0.1) is 18.0 Å². The number of ether oxygens (including phenoxy) is 1. The Labute approximate surface area is 171 Å². The minimum atomic E-state index is -3.20. The number of likely N-dealkylation sites (tertiary alicyclic amines) is 1. The van der Waals surface area contributed by atoms with Crippen molar-refractivity contribution in [1.82, 2.24) is 4.90 Å². The molecule has 4 nitrogen and oxygen atoms in total. The highest BCUT2D eigenvalue weighted by molar-refractivity contribution is 7.90. The summed E-state index contributed by atoms with van der Waals surface area (Å²) in [6, 6.07) is 14.5. The number of alkyl halides is 2. The number of sulfone groups is 1. The zero-order valence-corrected chi connectivity index (χ0v) is 17.6. The molecule has 0 saturated carbocycles. The van der Waals surface area contributed by atoms with Crippen molar-refractivity contribution in [3.8, 4) is 16.9 Å². The Balaban J connectivity index is 1.50. The van der Waals surface area contributed by atoms with Crippen LogP contribution >= 0.6 is 0 Å². The predicted molar refractivity (Wildman–Crippen MR) is 110 cm³/mol. The molecule has 0 amide bonds. The molecule has 0 aliphatic carbocycles. The minimum Gasteiger partial charge on any atom is -0.493 e. The minimum absolute atomic E-state index is 0.173. The van der Waals surface area contributed by atoms with E-state index in [0.29, 0.717) is 30.5 Å². The van der Waals surface area contributed by atoms with E-state index in [4.69, 9.17) is 4.74 Å². The van der Waals surface area contributed by atoms with Crippen LogP contribution in [-0.4, -0.2) is 51.7 Å². The van der Waals surface area contributed by atoms with Gasteiger partial charge in [-0.2, -0.15) is 0 Å². The van der Waals surface area contributed by atoms with Crippen molar-refractivity contribution in [2.45, 2.75) is 30.6 Å². The largest absolute Gasteiger partial charge is 0.493 e. The summed E-state index contributed by atoms with van der Waals surface area (Å²) in [4.78, 5) is 2.12. The third-order valence-electron chi connectivity index (χ3n) is 5.16. The van der Waals surface area contributed by atoms with Crippen molar-refractivity contribution in [1.29, 1.82) is 0 Å². The summed E-state index contributed by atoms with van der Waals surface area (Å²) in [5, 5.41) is 0. The van der Waals surface area contributed by atoms with Gasteiger partial charge in [0, 0.05) is 13.2 Å². The first-order chi connectivity index (χ1) is 13.6. The molecule has 0 atom stereocenters. The van der Waals surface area contributed by atoms with Gasteiger partial charge in [-0.3, -0.25) is 4.90 Å². The highest BCUT2D eigenvalue weighted by Crippen LogP contribution is 2.26. The van der Waals surface area contributed by atoms with Crippen LogP contribution in [0.4, 0.5) is 8.78 Å². The van der Waals surface area contributed by atoms with Gasteiger partial charge in [0.25, 0.3) is 5.92 Å². The van der Waals surface area contributed by atoms with Crippen molar-refractivity contribution in [2.24, 2.45) is 5.92 Å². The lowest BCUT2D eigenvalue weighted by Crippen LogP contribution is -2.41. The molecule has 3 rings (SSSR count). The van der Waals surface area contributed by atoms with E-state index in [0.717, 1.165) is 36.6 Å². The van der Waals surface area contributed by atoms with Gasteiger partial charge in [-0.25, -0.2) is 17.2 Å². The van der Waals surface area contributed by atoms with Crippen LogP contribution in [0.1, 0.15) is 19.8 Å². The lowest BCUT2D eigenvalue weighted by Gasteiger charge is -2.33. The molecule has 0 N–H and O–H groups in total. The molecular formula is C22H27F2NO3S. The second-order valence-electron chi connectivity index (χ2n) is 7.92. The van der Waals surface area contributed by atoms with Crippen LogP contribution in [-0.2, 0) is 9.84 Å². The maximum atomic E-state index is 13.1. The van der Waals surface area contributed by atoms with Gasteiger partial charge < -0.3 is 4.74 Å². The van der Waals surface area contributed by atoms with E-state index < -0.39 is 15.8 Å². The van der Waals surface area contributed by atoms with E-state index in [-0.39, 0.29) is 6.54 Å². The van der Waals surface area contributed by atoms with Gasteiger partial charge in [0.2, 0.25) is 0 Å². The highest BCUT2D eigenvalue weighted by atomic mass is 32.2. The smallest absolute Gasteiger partial charge is 0.257 e. The Kier molecular flexibility index (Phi) is 6.58. The second-order valence-corrected chi connectivity index (χ2v) is 9.94. The van der Waals surface area contributed by atoms with Crippen LogP contribution in [0.3, 0.4) is 0 Å². The van der Waals surface area contributed by atoms with Crippen molar-refractivity contribution < 1.29 is 21.9 Å². The molecule has 1 saturated heterocycles. The normalized spacial score (nSPS) is 16.7. The van der Waals surface area contributed by atoms with Crippen molar-refractivity contribution in [3.63, 3.8) is 0 Å². The summed E-state index contributed by atoms with van der Waals surface area (Å²) >= 11 is 0. The fraction of sp³-hybridized carbons (Fsp3) is 0.455. The second kappa shape index (κ2) is 8.79. The van der Waals surface area contributed by atoms with Crippen LogP contribution in [0.15, 0.2) is 53.4 Å². The number of nitrogens with zero attached hydrogens (tertiary/aromatic N) is 1. The Morgan fingerprint density at radius 2 is 1.52 bits per heavy atom. The van der Waals surface area contributed by atoms with E-state index in [1.165, 1.54) is 6.26 Å². The average Bonchev–Trinajstić information content (AvgIpc) is 2.66. The van der Waals surface area contributed by atoms with Crippen molar-refractivity contribution in [3.05, 3.63) is 48.5 Å². The Hall–Kier alpha value is -1.99. The highest BCUT2D eigenvalue weighted by Gasteiger charge is 2.28. The maximum Gasteiger partial charge on any atom is 0.257 e. The fourth-order valence-corrected chi connectivity index (χ4v) is 4.19. The van der Waals surface area contributed by atoms with Gasteiger partial charge in [-0.1, -0.05) is 24.3 Å². The first-order valence-corrected chi connectivity index (χ1v) is 11.6. The molecule has 1 aliphatic heterocycles. The zero-order chi connectivity index (χ0) is 21.1. The summed E-state index contributed by atoms with van der Waals surface area (Å²) in [5.41, 5.74) is 1.91. The molecule has 2 aromatic carbocycles. The number of hydrogen-bond acceptors (Lipinski definition) is 4. The summed E-state index contributed by atoms with van der Waals surface area (Å²) in [7, 11) is -3.20. The SMILES string of the molecule is CC(F)(F)CN1CCC(COc2ccc(-c3ccc(S(C)(=O)=O)cc3)cc2)CC1. The van der Waals surface area contributed by atoms with Gasteiger partial charge in [-0.15, -0.1) is 0 Å². The molecule has 0 spiro atoms. The molecule has 1 fully saturated rings. The molecule has 1 heterocycles. The van der Waals surface area contributed by atoms with Crippen LogP contribution in [0.2, 0.25) is 0 Å². The molecule has 29 heavy (non-hydrogen) atoms.